The molecule has 2 aromatic carbocycles. The van der Waals surface area contributed by atoms with E-state index in [2.05, 4.69) is 15.1 Å². The molecule has 0 radical (unpaired) electrons. The monoisotopic (exact) mass is 400 g/mol. The number of hydrogen-bond acceptors (Lipinski definition) is 4. The molecule has 0 amide bonds. The fraction of sp³-hybridized carbons (Fsp3) is 0.105. The second-order valence-electron chi connectivity index (χ2n) is 5.90. The van der Waals surface area contributed by atoms with Gasteiger partial charge >= 0.3 is 5.69 Å². The van der Waals surface area contributed by atoms with Gasteiger partial charge in [-0.2, -0.15) is 9.61 Å². The van der Waals surface area contributed by atoms with Crippen LogP contribution in [-0.4, -0.2) is 19.6 Å². The second-order valence-corrected chi connectivity index (χ2v) is 7.27. The summed E-state index contributed by atoms with van der Waals surface area (Å²) in [5.74, 6) is -0.137. The van der Waals surface area contributed by atoms with Crippen LogP contribution in [0.15, 0.2) is 58.5 Å². The first-order valence-corrected chi connectivity index (χ1v) is 9.51. The van der Waals surface area contributed by atoms with Gasteiger partial charge in [-0.05, 0) is 24.6 Å². The van der Waals surface area contributed by atoms with E-state index < -0.39 is 5.69 Å². The summed E-state index contributed by atoms with van der Waals surface area (Å²) in [6.07, 6.45) is 0. The summed E-state index contributed by atoms with van der Waals surface area (Å²) < 4.78 is 15.2. The van der Waals surface area contributed by atoms with Gasteiger partial charge in [0, 0.05) is 21.9 Å². The summed E-state index contributed by atoms with van der Waals surface area (Å²) in [6, 6.07) is 14.2. The molecular formula is C19H14ClFN4OS. The number of rotatable bonds is 4. The predicted molar refractivity (Wildman–Crippen MR) is 105 cm³/mol. The first-order chi connectivity index (χ1) is 13.0. The van der Waals surface area contributed by atoms with Gasteiger partial charge in [0.1, 0.15) is 5.82 Å². The van der Waals surface area contributed by atoms with E-state index in [9.17, 15) is 9.18 Å². The number of fused-ring (bicyclic) bond motifs is 1. The molecule has 0 aliphatic heterocycles. The zero-order valence-electron chi connectivity index (χ0n) is 14.2. The fourth-order valence-corrected chi connectivity index (χ4v) is 4.04. The van der Waals surface area contributed by atoms with Gasteiger partial charge < -0.3 is 0 Å². The summed E-state index contributed by atoms with van der Waals surface area (Å²) in [5, 5.41) is 5.02. The first-order valence-electron chi connectivity index (χ1n) is 8.15. The van der Waals surface area contributed by atoms with Crippen molar-refractivity contribution in [3.05, 3.63) is 81.1 Å². The highest BCUT2D eigenvalue weighted by molar-refractivity contribution is 7.98. The van der Waals surface area contributed by atoms with Gasteiger partial charge in [-0.15, -0.1) is 0 Å². The average Bonchev–Trinajstić information content (AvgIpc) is 2.98. The van der Waals surface area contributed by atoms with Gasteiger partial charge in [-0.3, -0.25) is 4.98 Å². The average molecular weight is 401 g/mol. The minimum atomic E-state index is -0.396. The summed E-state index contributed by atoms with van der Waals surface area (Å²) >= 11 is 7.28. The number of nitrogens with one attached hydrogen (secondary N) is 1. The fourth-order valence-electron chi connectivity index (χ4n) is 2.85. The summed E-state index contributed by atoms with van der Waals surface area (Å²) in [6.45, 7) is 1.84. The van der Waals surface area contributed by atoms with Crippen LogP contribution >= 0.6 is 23.4 Å². The van der Waals surface area contributed by atoms with Crippen molar-refractivity contribution in [2.24, 2.45) is 0 Å². The molecule has 1 N–H and O–H groups in total. The smallest absolute Gasteiger partial charge is 0.285 e. The van der Waals surface area contributed by atoms with Crippen molar-refractivity contribution in [2.45, 2.75) is 17.8 Å². The Labute approximate surface area is 163 Å². The molecule has 0 aliphatic carbocycles. The largest absolute Gasteiger partial charge is 0.350 e. The van der Waals surface area contributed by atoms with Crippen LogP contribution < -0.4 is 5.69 Å². The third-order valence-electron chi connectivity index (χ3n) is 4.13. The maximum Gasteiger partial charge on any atom is 0.350 e. The Morgan fingerprint density at radius 1 is 1.19 bits per heavy atom. The lowest BCUT2D eigenvalue weighted by Crippen LogP contribution is -2.19. The molecule has 4 aromatic rings. The molecular weight excluding hydrogens is 387 g/mol. The van der Waals surface area contributed by atoms with Crippen LogP contribution in [0, 0.1) is 12.7 Å². The molecule has 0 saturated carbocycles. The van der Waals surface area contributed by atoms with E-state index in [0.29, 0.717) is 27.1 Å². The van der Waals surface area contributed by atoms with Gasteiger partial charge in [0.2, 0.25) is 0 Å². The lowest BCUT2D eigenvalue weighted by atomic mass is 10.1. The molecule has 8 heteroatoms. The summed E-state index contributed by atoms with van der Waals surface area (Å²) in [7, 11) is 0. The lowest BCUT2D eigenvalue weighted by molar-refractivity contribution is 0.617. The van der Waals surface area contributed by atoms with Crippen LogP contribution in [0.4, 0.5) is 4.39 Å². The predicted octanol–water partition coefficient (Wildman–Crippen LogP) is 4.48. The van der Waals surface area contributed by atoms with E-state index in [4.69, 9.17) is 11.6 Å². The van der Waals surface area contributed by atoms with Crippen molar-refractivity contribution < 1.29 is 4.39 Å². The molecule has 5 nitrogen and oxygen atoms in total. The van der Waals surface area contributed by atoms with Crippen molar-refractivity contribution in [1.82, 2.24) is 19.6 Å². The van der Waals surface area contributed by atoms with Crippen molar-refractivity contribution in [3.63, 3.8) is 0 Å². The van der Waals surface area contributed by atoms with E-state index in [0.717, 1.165) is 11.1 Å². The van der Waals surface area contributed by atoms with E-state index in [1.807, 2.05) is 37.3 Å². The number of halogens is 2. The Bertz CT molecular complexity index is 1170. The number of thioether (sulfide) groups is 1. The topological polar surface area (TPSA) is 63.1 Å². The van der Waals surface area contributed by atoms with Gasteiger partial charge in [0.05, 0.1) is 5.69 Å². The lowest BCUT2D eigenvalue weighted by Gasteiger charge is -2.06. The van der Waals surface area contributed by atoms with Crippen molar-refractivity contribution in [1.29, 1.82) is 0 Å². The molecule has 136 valence electrons. The minimum Gasteiger partial charge on any atom is -0.285 e. The summed E-state index contributed by atoms with van der Waals surface area (Å²) in [5.41, 5.74) is 2.87. The maximum absolute atomic E-state index is 14.0. The molecule has 2 heterocycles. The molecule has 0 spiro atoms. The molecule has 0 aliphatic rings. The van der Waals surface area contributed by atoms with Crippen molar-refractivity contribution in [3.8, 4) is 11.1 Å². The van der Waals surface area contributed by atoms with Crippen LogP contribution in [0.5, 0.6) is 0 Å². The van der Waals surface area contributed by atoms with Crippen LogP contribution in [0.3, 0.4) is 0 Å². The van der Waals surface area contributed by atoms with Gasteiger partial charge in [0.15, 0.2) is 10.8 Å². The van der Waals surface area contributed by atoms with Gasteiger partial charge in [0.25, 0.3) is 0 Å². The molecule has 4 rings (SSSR count). The van der Waals surface area contributed by atoms with E-state index >= 15 is 0 Å². The molecule has 0 fully saturated rings. The van der Waals surface area contributed by atoms with Crippen LogP contribution in [0.25, 0.3) is 16.8 Å². The second kappa shape index (κ2) is 7.17. The molecule has 0 atom stereocenters. The van der Waals surface area contributed by atoms with E-state index in [-0.39, 0.29) is 11.6 Å². The Morgan fingerprint density at radius 3 is 2.70 bits per heavy atom. The number of aromatic nitrogens is 4. The van der Waals surface area contributed by atoms with Crippen LogP contribution in [0.2, 0.25) is 5.02 Å². The van der Waals surface area contributed by atoms with Gasteiger partial charge in [-0.1, -0.05) is 59.8 Å². The molecule has 0 saturated heterocycles. The quantitative estimate of drug-likeness (QED) is 0.513. The number of benzene rings is 2. The summed E-state index contributed by atoms with van der Waals surface area (Å²) in [4.78, 5) is 19.7. The molecule has 0 unspecified atom stereocenters. The third kappa shape index (κ3) is 3.36. The number of hydrogen-bond donors (Lipinski definition) is 1. The molecule has 2 aromatic heterocycles. The van der Waals surface area contributed by atoms with E-state index in [1.54, 1.807) is 12.1 Å². The zero-order chi connectivity index (χ0) is 19.0. The Hall–Kier alpha value is -2.64. The Morgan fingerprint density at radius 2 is 1.96 bits per heavy atom. The Balaban J connectivity index is 1.76. The zero-order valence-corrected chi connectivity index (χ0v) is 15.8. The normalized spacial score (nSPS) is 11.2. The maximum atomic E-state index is 14.0. The van der Waals surface area contributed by atoms with Gasteiger partial charge in [-0.25, -0.2) is 14.2 Å². The number of nitrogens with zero attached hydrogens (tertiary/aromatic N) is 3. The SMILES string of the molecule is Cc1nn2c(=O)[nH]c(SCc3c(F)cccc3Cl)nc2c1-c1ccccc1. The highest BCUT2D eigenvalue weighted by Crippen LogP contribution is 2.29. The third-order valence-corrected chi connectivity index (χ3v) is 5.38. The van der Waals surface area contributed by atoms with Crippen LogP contribution in [-0.2, 0) is 5.75 Å². The molecule has 0 bridgehead atoms. The highest BCUT2D eigenvalue weighted by Gasteiger charge is 2.16. The standard InChI is InChI=1S/C19H14ClFN4OS/c1-11-16(12-6-3-2-4-7-12)17-22-18(23-19(26)25(17)24-11)27-10-13-14(20)8-5-9-15(13)21/h2-9H,10H2,1H3,(H,22,23,26). The Kier molecular flexibility index (Phi) is 4.72. The number of aromatic amines is 1. The van der Waals surface area contributed by atoms with Crippen LogP contribution in [0.1, 0.15) is 11.3 Å². The molecule has 27 heavy (non-hydrogen) atoms. The highest BCUT2D eigenvalue weighted by atomic mass is 35.5. The number of aryl methyl sites for hydroxylation is 1. The van der Waals surface area contributed by atoms with Crippen molar-refractivity contribution >= 4 is 29.0 Å². The van der Waals surface area contributed by atoms with E-state index in [1.165, 1.54) is 22.3 Å². The minimum absolute atomic E-state index is 0.248. The first kappa shape index (κ1) is 17.8. The van der Waals surface area contributed by atoms with Crippen molar-refractivity contribution in [2.75, 3.05) is 0 Å². The number of H-pyrrole nitrogens is 1.